The van der Waals surface area contributed by atoms with Gasteiger partial charge in [0.1, 0.15) is 0 Å². The summed E-state index contributed by atoms with van der Waals surface area (Å²) in [5, 5.41) is 3.79. The Labute approximate surface area is 145 Å². The van der Waals surface area contributed by atoms with Gasteiger partial charge in [0.25, 0.3) is 0 Å². The summed E-state index contributed by atoms with van der Waals surface area (Å²) < 4.78 is 2.38. The van der Waals surface area contributed by atoms with Crippen molar-refractivity contribution in [3.05, 3.63) is 32.7 Å². The summed E-state index contributed by atoms with van der Waals surface area (Å²) in [6.07, 6.45) is 8.46. The molecule has 21 heavy (non-hydrogen) atoms. The fourth-order valence-electron chi connectivity index (χ4n) is 4.39. The molecular formula is C18H25Br2N. The van der Waals surface area contributed by atoms with Crippen molar-refractivity contribution in [2.45, 2.75) is 51.5 Å². The third-order valence-corrected chi connectivity index (χ3v) is 6.58. The Balaban J connectivity index is 1.74. The maximum absolute atomic E-state index is 3.79. The molecule has 0 saturated heterocycles. The van der Waals surface area contributed by atoms with Crippen LogP contribution in [0.2, 0.25) is 0 Å². The molecule has 0 heterocycles. The van der Waals surface area contributed by atoms with E-state index in [0.29, 0.717) is 6.04 Å². The van der Waals surface area contributed by atoms with Crippen LogP contribution in [0, 0.1) is 17.8 Å². The molecule has 0 spiro atoms. The first-order valence-electron chi connectivity index (χ1n) is 8.35. The minimum Gasteiger partial charge on any atom is -0.310 e. The van der Waals surface area contributed by atoms with Crippen molar-refractivity contribution in [3.63, 3.8) is 0 Å². The van der Waals surface area contributed by atoms with Crippen LogP contribution in [0.15, 0.2) is 27.1 Å². The second-order valence-corrected chi connectivity index (χ2v) is 8.61. The van der Waals surface area contributed by atoms with Gasteiger partial charge in [-0.2, -0.15) is 0 Å². The molecule has 3 rings (SSSR count). The summed E-state index contributed by atoms with van der Waals surface area (Å²) in [5.41, 5.74) is 1.43. The predicted octanol–water partition coefficient (Wildman–Crippen LogP) is 6.08. The molecule has 0 aliphatic heterocycles. The van der Waals surface area contributed by atoms with E-state index in [9.17, 15) is 0 Å². The van der Waals surface area contributed by atoms with E-state index < -0.39 is 0 Å². The molecule has 2 saturated carbocycles. The lowest BCUT2D eigenvalue weighted by Crippen LogP contribution is -2.26. The molecule has 2 fully saturated rings. The van der Waals surface area contributed by atoms with Gasteiger partial charge in [0, 0.05) is 15.0 Å². The van der Waals surface area contributed by atoms with Gasteiger partial charge in [-0.15, -0.1) is 0 Å². The molecule has 2 aliphatic rings. The molecule has 1 nitrogen and oxygen atoms in total. The van der Waals surface area contributed by atoms with Crippen LogP contribution in [0.4, 0.5) is 0 Å². The molecule has 0 amide bonds. The van der Waals surface area contributed by atoms with Crippen molar-refractivity contribution in [1.29, 1.82) is 0 Å². The number of hydrogen-bond donors (Lipinski definition) is 1. The lowest BCUT2D eigenvalue weighted by Gasteiger charge is -2.28. The summed E-state index contributed by atoms with van der Waals surface area (Å²) in [5.74, 6) is 2.99. The summed E-state index contributed by atoms with van der Waals surface area (Å²) >= 11 is 7.32. The average molecular weight is 415 g/mol. The van der Waals surface area contributed by atoms with E-state index in [1.165, 1.54) is 48.6 Å². The molecular weight excluding hydrogens is 390 g/mol. The zero-order valence-electron chi connectivity index (χ0n) is 12.7. The lowest BCUT2D eigenvalue weighted by molar-refractivity contribution is 0.279. The highest BCUT2D eigenvalue weighted by Gasteiger charge is 2.40. The van der Waals surface area contributed by atoms with Gasteiger partial charge >= 0.3 is 0 Å². The molecule has 2 aliphatic carbocycles. The predicted molar refractivity (Wildman–Crippen MR) is 96.4 cm³/mol. The van der Waals surface area contributed by atoms with Crippen LogP contribution < -0.4 is 5.32 Å². The number of rotatable bonds is 6. The standard InChI is InChI=1S/C18H25Br2N/c1-2-7-21-18(16-6-5-15(19)11-17(16)20)10-14-9-12-3-4-13(14)8-12/h5-6,11-14,18,21H,2-4,7-10H2,1H3. The van der Waals surface area contributed by atoms with Crippen LogP contribution in [-0.2, 0) is 0 Å². The monoisotopic (exact) mass is 413 g/mol. The molecule has 4 unspecified atom stereocenters. The van der Waals surface area contributed by atoms with Crippen molar-refractivity contribution >= 4 is 31.9 Å². The molecule has 116 valence electrons. The van der Waals surface area contributed by atoms with E-state index in [2.05, 4.69) is 62.3 Å². The molecule has 3 heteroatoms. The molecule has 1 aromatic rings. The van der Waals surface area contributed by atoms with Crippen molar-refractivity contribution < 1.29 is 0 Å². The highest BCUT2D eigenvalue weighted by molar-refractivity contribution is 9.11. The zero-order chi connectivity index (χ0) is 14.8. The van der Waals surface area contributed by atoms with Gasteiger partial charge in [0.2, 0.25) is 0 Å². The third kappa shape index (κ3) is 3.73. The Morgan fingerprint density at radius 2 is 2.10 bits per heavy atom. The van der Waals surface area contributed by atoms with E-state index in [0.717, 1.165) is 28.8 Å². The molecule has 4 atom stereocenters. The third-order valence-electron chi connectivity index (χ3n) is 5.40. The number of benzene rings is 1. The first kappa shape index (κ1) is 16.0. The van der Waals surface area contributed by atoms with Gasteiger partial charge in [-0.1, -0.05) is 51.3 Å². The van der Waals surface area contributed by atoms with Gasteiger partial charge in [-0.3, -0.25) is 0 Å². The highest BCUT2D eigenvalue weighted by atomic mass is 79.9. The molecule has 2 bridgehead atoms. The van der Waals surface area contributed by atoms with E-state index in [1.54, 1.807) is 0 Å². The van der Waals surface area contributed by atoms with Crippen LogP contribution in [0.5, 0.6) is 0 Å². The SMILES string of the molecule is CCCNC(CC1CC2CCC1C2)c1ccc(Br)cc1Br. The molecule has 1 aromatic carbocycles. The Morgan fingerprint density at radius 3 is 2.71 bits per heavy atom. The minimum atomic E-state index is 0.497. The number of halogens is 2. The van der Waals surface area contributed by atoms with Gasteiger partial charge in [-0.25, -0.2) is 0 Å². The zero-order valence-corrected chi connectivity index (χ0v) is 15.9. The largest absolute Gasteiger partial charge is 0.310 e. The van der Waals surface area contributed by atoms with Gasteiger partial charge in [0.05, 0.1) is 0 Å². The fraction of sp³-hybridized carbons (Fsp3) is 0.667. The maximum atomic E-state index is 3.79. The maximum Gasteiger partial charge on any atom is 0.0334 e. The molecule has 0 radical (unpaired) electrons. The van der Waals surface area contributed by atoms with Crippen LogP contribution >= 0.6 is 31.9 Å². The van der Waals surface area contributed by atoms with Crippen molar-refractivity contribution in [3.8, 4) is 0 Å². The summed E-state index contributed by atoms with van der Waals surface area (Å²) in [7, 11) is 0. The lowest BCUT2D eigenvalue weighted by atomic mass is 9.82. The van der Waals surface area contributed by atoms with Crippen LogP contribution in [-0.4, -0.2) is 6.54 Å². The van der Waals surface area contributed by atoms with E-state index in [-0.39, 0.29) is 0 Å². The van der Waals surface area contributed by atoms with E-state index >= 15 is 0 Å². The smallest absolute Gasteiger partial charge is 0.0334 e. The number of hydrogen-bond acceptors (Lipinski definition) is 1. The Kier molecular flexibility index (Phi) is 5.45. The Hall–Kier alpha value is 0.140. The van der Waals surface area contributed by atoms with Crippen LogP contribution in [0.1, 0.15) is 57.1 Å². The fourth-order valence-corrected chi connectivity index (χ4v) is 5.71. The topological polar surface area (TPSA) is 12.0 Å². The van der Waals surface area contributed by atoms with Gasteiger partial charge in [0.15, 0.2) is 0 Å². The van der Waals surface area contributed by atoms with Crippen molar-refractivity contribution in [1.82, 2.24) is 5.32 Å². The van der Waals surface area contributed by atoms with Crippen molar-refractivity contribution in [2.75, 3.05) is 6.54 Å². The number of nitrogens with one attached hydrogen (secondary N) is 1. The molecule has 0 aromatic heterocycles. The first-order chi connectivity index (χ1) is 10.2. The van der Waals surface area contributed by atoms with Gasteiger partial charge < -0.3 is 5.32 Å². The van der Waals surface area contributed by atoms with Crippen LogP contribution in [0.25, 0.3) is 0 Å². The minimum absolute atomic E-state index is 0.497. The van der Waals surface area contributed by atoms with Crippen molar-refractivity contribution in [2.24, 2.45) is 17.8 Å². The van der Waals surface area contributed by atoms with Gasteiger partial charge in [-0.05, 0) is 74.1 Å². The molecule has 1 N–H and O–H groups in total. The normalized spacial score (nSPS) is 29.0. The number of fused-ring (bicyclic) bond motifs is 2. The highest BCUT2D eigenvalue weighted by Crippen LogP contribution is 2.51. The average Bonchev–Trinajstić information content (AvgIpc) is 3.06. The quantitative estimate of drug-likeness (QED) is 0.594. The summed E-state index contributed by atoms with van der Waals surface area (Å²) in [4.78, 5) is 0. The van der Waals surface area contributed by atoms with Crippen LogP contribution in [0.3, 0.4) is 0 Å². The summed E-state index contributed by atoms with van der Waals surface area (Å²) in [6, 6.07) is 7.12. The second-order valence-electron chi connectivity index (χ2n) is 6.84. The first-order valence-corrected chi connectivity index (χ1v) is 9.94. The summed E-state index contributed by atoms with van der Waals surface area (Å²) in [6.45, 7) is 3.35. The Bertz CT molecular complexity index is 488. The van der Waals surface area contributed by atoms with E-state index in [4.69, 9.17) is 0 Å². The second kappa shape index (κ2) is 7.14. The van der Waals surface area contributed by atoms with E-state index in [1.807, 2.05) is 0 Å². The Morgan fingerprint density at radius 1 is 1.24 bits per heavy atom.